The molecule has 0 aliphatic carbocycles. The van der Waals surface area contributed by atoms with E-state index in [2.05, 4.69) is 20.4 Å². The Morgan fingerprint density at radius 2 is 1.76 bits per heavy atom. The lowest BCUT2D eigenvalue weighted by molar-refractivity contribution is 0.394. The molecule has 0 aliphatic heterocycles. The molecule has 0 saturated heterocycles. The summed E-state index contributed by atoms with van der Waals surface area (Å²) in [7, 11) is 0. The lowest BCUT2D eigenvalue weighted by atomic mass is 9.98. The molecule has 0 saturated carbocycles. The van der Waals surface area contributed by atoms with Crippen molar-refractivity contribution in [1.29, 1.82) is 0 Å². The third-order valence-electron chi connectivity index (χ3n) is 6.22. The first-order valence-corrected chi connectivity index (χ1v) is 11.5. The molecule has 0 spiro atoms. The second kappa shape index (κ2) is 10.3. The Kier molecular flexibility index (Phi) is 7.67. The van der Waals surface area contributed by atoms with Crippen LogP contribution in [0.25, 0.3) is 17.0 Å². The van der Waals surface area contributed by atoms with Gasteiger partial charge in [-0.3, -0.25) is 4.68 Å². The van der Waals surface area contributed by atoms with Crippen LogP contribution in [0.3, 0.4) is 0 Å². The van der Waals surface area contributed by atoms with Gasteiger partial charge in [-0.1, -0.05) is 57.5 Å². The van der Waals surface area contributed by atoms with Crippen LogP contribution in [0, 0.1) is 31.3 Å². The molecular weight excluding hydrogens is 423 g/mol. The van der Waals surface area contributed by atoms with Gasteiger partial charge in [0.15, 0.2) is 11.6 Å². The Morgan fingerprint density at radius 3 is 2.33 bits per heavy atom. The quantitative estimate of drug-likeness (QED) is 0.346. The van der Waals surface area contributed by atoms with E-state index < -0.39 is 17.5 Å². The molecule has 0 fully saturated rings. The highest BCUT2D eigenvalue weighted by molar-refractivity contribution is 5.78. The van der Waals surface area contributed by atoms with Gasteiger partial charge in [0.25, 0.3) is 0 Å². The fourth-order valence-corrected chi connectivity index (χ4v) is 4.33. The van der Waals surface area contributed by atoms with E-state index in [4.69, 9.17) is 10.8 Å². The highest BCUT2D eigenvalue weighted by Gasteiger charge is 2.22. The SMILES string of the molecule is C=C(N)c1c(-c2ccc(Cc3c(F)c(C)cc(F)c3F)cc2)nn(C(CC)CCCC)c1C. The fourth-order valence-electron chi connectivity index (χ4n) is 4.33. The molecule has 1 heterocycles. The van der Waals surface area contributed by atoms with Gasteiger partial charge >= 0.3 is 0 Å². The topological polar surface area (TPSA) is 43.8 Å². The number of hydrogen-bond acceptors (Lipinski definition) is 2. The molecule has 0 bridgehead atoms. The van der Waals surface area contributed by atoms with Gasteiger partial charge in [-0.15, -0.1) is 0 Å². The van der Waals surface area contributed by atoms with Gasteiger partial charge in [-0.2, -0.15) is 5.10 Å². The first kappa shape index (κ1) is 24.6. The van der Waals surface area contributed by atoms with E-state index in [9.17, 15) is 13.2 Å². The number of halogens is 3. The van der Waals surface area contributed by atoms with Crippen LogP contribution in [0.1, 0.15) is 73.5 Å². The number of nitrogens with zero attached hydrogens (tertiary/aromatic N) is 2. The molecule has 1 atom stereocenters. The first-order valence-electron chi connectivity index (χ1n) is 11.5. The molecule has 33 heavy (non-hydrogen) atoms. The van der Waals surface area contributed by atoms with Crippen molar-refractivity contribution < 1.29 is 13.2 Å². The number of aromatic nitrogens is 2. The lowest BCUT2D eigenvalue weighted by Gasteiger charge is -2.17. The van der Waals surface area contributed by atoms with E-state index in [1.54, 1.807) is 12.1 Å². The average molecular weight is 456 g/mol. The largest absolute Gasteiger partial charge is 0.399 e. The van der Waals surface area contributed by atoms with Crippen molar-refractivity contribution in [3.8, 4) is 11.3 Å². The zero-order valence-electron chi connectivity index (χ0n) is 19.8. The number of benzene rings is 2. The van der Waals surface area contributed by atoms with Crippen LogP contribution in [0.2, 0.25) is 0 Å². The van der Waals surface area contributed by atoms with Crippen LogP contribution in [0.4, 0.5) is 13.2 Å². The summed E-state index contributed by atoms with van der Waals surface area (Å²) in [5.41, 5.74) is 10.4. The van der Waals surface area contributed by atoms with Gasteiger partial charge in [0.2, 0.25) is 0 Å². The van der Waals surface area contributed by atoms with Gasteiger partial charge in [-0.25, -0.2) is 13.2 Å². The molecule has 1 aromatic heterocycles. The highest BCUT2D eigenvalue weighted by Crippen LogP contribution is 2.33. The predicted molar refractivity (Wildman–Crippen MR) is 128 cm³/mol. The van der Waals surface area contributed by atoms with Crippen molar-refractivity contribution in [2.45, 2.75) is 65.8 Å². The summed E-state index contributed by atoms with van der Waals surface area (Å²) in [6.45, 7) is 11.7. The van der Waals surface area contributed by atoms with Gasteiger partial charge in [0.1, 0.15) is 11.5 Å². The molecular formula is C27H32F3N3. The van der Waals surface area contributed by atoms with Gasteiger partial charge in [0, 0.05) is 34.5 Å². The summed E-state index contributed by atoms with van der Waals surface area (Å²) in [6.07, 6.45) is 4.19. The zero-order valence-corrected chi connectivity index (χ0v) is 19.8. The third kappa shape index (κ3) is 5.00. The molecule has 3 rings (SSSR count). The van der Waals surface area contributed by atoms with Gasteiger partial charge < -0.3 is 5.73 Å². The normalized spacial score (nSPS) is 12.2. The van der Waals surface area contributed by atoms with Crippen molar-refractivity contribution in [1.82, 2.24) is 9.78 Å². The molecule has 1 unspecified atom stereocenters. The summed E-state index contributed by atoms with van der Waals surface area (Å²) in [6, 6.07) is 8.41. The Bertz CT molecular complexity index is 1120. The Hall–Kier alpha value is -3.02. The zero-order chi connectivity index (χ0) is 24.3. The monoisotopic (exact) mass is 455 g/mol. The first-order chi connectivity index (χ1) is 15.7. The van der Waals surface area contributed by atoms with E-state index in [-0.39, 0.29) is 23.6 Å². The maximum absolute atomic E-state index is 14.4. The number of rotatable bonds is 9. The van der Waals surface area contributed by atoms with Crippen molar-refractivity contribution in [3.05, 3.63) is 82.3 Å². The molecule has 0 aliphatic rings. The van der Waals surface area contributed by atoms with Crippen LogP contribution in [-0.4, -0.2) is 9.78 Å². The van der Waals surface area contributed by atoms with Crippen LogP contribution < -0.4 is 5.73 Å². The molecule has 3 nitrogen and oxygen atoms in total. The average Bonchev–Trinajstić information content (AvgIpc) is 3.13. The van der Waals surface area contributed by atoms with Crippen LogP contribution >= 0.6 is 0 Å². The molecule has 2 N–H and O–H groups in total. The second-order valence-corrected chi connectivity index (χ2v) is 8.64. The van der Waals surface area contributed by atoms with E-state index in [0.717, 1.165) is 54.3 Å². The van der Waals surface area contributed by atoms with E-state index >= 15 is 0 Å². The van der Waals surface area contributed by atoms with Crippen LogP contribution in [0.5, 0.6) is 0 Å². The molecule has 3 aromatic rings. The van der Waals surface area contributed by atoms with Crippen LogP contribution in [-0.2, 0) is 6.42 Å². The van der Waals surface area contributed by atoms with E-state index in [1.165, 1.54) is 6.92 Å². The predicted octanol–water partition coefficient (Wildman–Crippen LogP) is 7.25. The highest BCUT2D eigenvalue weighted by atomic mass is 19.2. The minimum absolute atomic E-state index is 0.0462. The fraction of sp³-hybridized carbons (Fsp3) is 0.370. The van der Waals surface area contributed by atoms with Gasteiger partial charge in [-0.05, 0) is 43.9 Å². The summed E-state index contributed by atoms with van der Waals surface area (Å²) < 4.78 is 44.4. The van der Waals surface area contributed by atoms with Crippen molar-refractivity contribution >= 4 is 5.70 Å². The standard InChI is InChI=1S/C27H32F3N3/c1-6-8-9-21(7-2)33-18(5)24(17(4)31)27(32-33)20-12-10-19(11-13-20)15-22-25(29)16(3)14-23(28)26(22)30/h10-14,21H,4,6-9,15,31H2,1-3,5H3. The van der Waals surface area contributed by atoms with E-state index in [0.29, 0.717) is 11.3 Å². The third-order valence-corrected chi connectivity index (χ3v) is 6.22. The van der Waals surface area contributed by atoms with Crippen molar-refractivity contribution in [3.63, 3.8) is 0 Å². The second-order valence-electron chi connectivity index (χ2n) is 8.64. The molecule has 6 heteroatoms. The minimum Gasteiger partial charge on any atom is -0.399 e. The van der Waals surface area contributed by atoms with Crippen molar-refractivity contribution in [2.75, 3.05) is 0 Å². The number of hydrogen-bond donors (Lipinski definition) is 1. The molecule has 0 radical (unpaired) electrons. The van der Waals surface area contributed by atoms with Crippen molar-refractivity contribution in [2.24, 2.45) is 5.73 Å². The van der Waals surface area contributed by atoms with Gasteiger partial charge in [0.05, 0.1) is 6.04 Å². The number of unbranched alkanes of at least 4 members (excludes halogenated alkanes) is 1. The molecule has 176 valence electrons. The summed E-state index contributed by atoms with van der Waals surface area (Å²) in [4.78, 5) is 0. The maximum Gasteiger partial charge on any atom is 0.165 e. The number of nitrogens with two attached hydrogens (primary N) is 1. The van der Waals surface area contributed by atoms with E-state index in [1.807, 2.05) is 23.7 Å². The summed E-state index contributed by atoms with van der Waals surface area (Å²) >= 11 is 0. The molecule has 2 aromatic carbocycles. The summed E-state index contributed by atoms with van der Waals surface area (Å²) in [5, 5.41) is 4.90. The number of aryl methyl sites for hydroxylation is 1. The Labute approximate surface area is 194 Å². The minimum atomic E-state index is -1.14. The lowest BCUT2D eigenvalue weighted by Crippen LogP contribution is -2.12. The Morgan fingerprint density at radius 1 is 1.09 bits per heavy atom. The maximum atomic E-state index is 14.4. The Balaban J connectivity index is 1.97. The molecule has 0 amide bonds. The van der Waals surface area contributed by atoms with Crippen LogP contribution in [0.15, 0.2) is 36.9 Å². The smallest absolute Gasteiger partial charge is 0.165 e. The summed E-state index contributed by atoms with van der Waals surface area (Å²) in [5.74, 6) is -2.90.